The van der Waals surface area contributed by atoms with Crippen LogP contribution in [0.3, 0.4) is 0 Å². The van der Waals surface area contributed by atoms with Crippen LogP contribution in [0.1, 0.15) is 55.3 Å². The van der Waals surface area contributed by atoms with Gasteiger partial charge in [-0.2, -0.15) is 0 Å². The summed E-state index contributed by atoms with van der Waals surface area (Å²) in [6.07, 6.45) is 9.27. The molecule has 136 valence electrons. The third-order valence-electron chi connectivity index (χ3n) is 5.92. The van der Waals surface area contributed by atoms with Crippen molar-refractivity contribution in [2.75, 3.05) is 0 Å². The Balaban J connectivity index is 1.78. The van der Waals surface area contributed by atoms with E-state index < -0.39 is 10.0 Å². The molecule has 5 heteroatoms. The topological polar surface area (TPSA) is 73.1 Å². The van der Waals surface area contributed by atoms with E-state index in [0.717, 1.165) is 24.1 Å². The van der Waals surface area contributed by atoms with Crippen molar-refractivity contribution in [1.82, 2.24) is 4.98 Å². The number of nitrogens with two attached hydrogens (primary N) is 1. The van der Waals surface area contributed by atoms with Crippen LogP contribution in [0.25, 0.3) is 11.1 Å². The molecule has 1 fully saturated rings. The third-order valence-corrected chi connectivity index (χ3v) is 6.85. The molecular weight excluding hydrogens is 344 g/mol. The number of hydrogen-bond acceptors (Lipinski definition) is 3. The van der Waals surface area contributed by atoms with Gasteiger partial charge in [0.15, 0.2) is 0 Å². The number of sulfonamides is 1. The monoisotopic (exact) mass is 368 g/mol. The quantitative estimate of drug-likeness (QED) is 0.878. The predicted molar refractivity (Wildman–Crippen MR) is 104 cm³/mol. The molecule has 2 aliphatic rings. The number of aromatic nitrogens is 1. The lowest BCUT2D eigenvalue weighted by atomic mass is 9.81. The van der Waals surface area contributed by atoms with E-state index in [1.165, 1.54) is 42.4 Å². The minimum Gasteiger partial charge on any atom is -0.261 e. The normalized spacial score (nSPS) is 19.5. The Morgan fingerprint density at radius 2 is 1.50 bits per heavy atom. The first-order valence-electron chi connectivity index (χ1n) is 9.15. The number of benzene rings is 1. The average Bonchev–Trinajstić information content (AvgIpc) is 3.22. The SMILES string of the molecule is Cc1ccc(C2=C(c3ccc(S(N)(=O)=O)cc3)CC3(CCCC3)C2)cn1. The van der Waals surface area contributed by atoms with Gasteiger partial charge in [0, 0.05) is 11.9 Å². The molecule has 1 aromatic heterocycles. The highest BCUT2D eigenvalue weighted by Gasteiger charge is 2.41. The van der Waals surface area contributed by atoms with E-state index in [0.29, 0.717) is 5.41 Å². The number of primary sulfonamides is 1. The molecule has 2 N–H and O–H groups in total. The smallest absolute Gasteiger partial charge is 0.238 e. The zero-order chi connectivity index (χ0) is 18.4. The van der Waals surface area contributed by atoms with Gasteiger partial charge in [0.05, 0.1) is 4.90 Å². The average molecular weight is 369 g/mol. The van der Waals surface area contributed by atoms with Crippen LogP contribution in [0.15, 0.2) is 47.5 Å². The van der Waals surface area contributed by atoms with Gasteiger partial charge in [-0.05, 0) is 78.5 Å². The minimum atomic E-state index is -3.66. The second kappa shape index (κ2) is 6.32. The van der Waals surface area contributed by atoms with Crippen LogP contribution in [0.2, 0.25) is 0 Å². The largest absolute Gasteiger partial charge is 0.261 e. The van der Waals surface area contributed by atoms with E-state index in [1.807, 2.05) is 25.3 Å². The lowest BCUT2D eigenvalue weighted by Gasteiger charge is -2.23. The standard InChI is InChI=1S/C21H24N2O2S/c1-15-4-5-17(14-23-15)20-13-21(10-2-3-11-21)12-19(20)16-6-8-18(9-7-16)26(22,24)25/h4-9,14H,2-3,10-13H2,1H3,(H2,22,24,25). The lowest BCUT2D eigenvalue weighted by molar-refractivity contribution is 0.330. The summed E-state index contributed by atoms with van der Waals surface area (Å²) in [5.74, 6) is 0. The highest BCUT2D eigenvalue weighted by atomic mass is 32.2. The summed E-state index contributed by atoms with van der Waals surface area (Å²) >= 11 is 0. The molecule has 26 heavy (non-hydrogen) atoms. The van der Waals surface area contributed by atoms with Crippen LogP contribution in [0.5, 0.6) is 0 Å². The summed E-state index contributed by atoms with van der Waals surface area (Å²) in [5.41, 5.74) is 6.36. The molecule has 0 bridgehead atoms. The van der Waals surface area contributed by atoms with Crippen molar-refractivity contribution in [3.63, 3.8) is 0 Å². The number of rotatable bonds is 3. The van der Waals surface area contributed by atoms with Crippen LogP contribution in [0.4, 0.5) is 0 Å². The summed E-state index contributed by atoms with van der Waals surface area (Å²) in [6, 6.07) is 11.2. The van der Waals surface area contributed by atoms with E-state index in [-0.39, 0.29) is 4.90 Å². The van der Waals surface area contributed by atoms with E-state index in [1.54, 1.807) is 12.1 Å². The number of aryl methyl sites for hydroxylation is 1. The number of nitrogens with zero attached hydrogens (tertiary/aromatic N) is 1. The van der Waals surface area contributed by atoms with Gasteiger partial charge in [0.2, 0.25) is 10.0 Å². The summed E-state index contributed by atoms with van der Waals surface area (Å²) in [4.78, 5) is 4.64. The number of pyridine rings is 1. The maximum Gasteiger partial charge on any atom is 0.238 e. The maximum absolute atomic E-state index is 11.5. The Morgan fingerprint density at radius 1 is 0.923 bits per heavy atom. The van der Waals surface area contributed by atoms with Gasteiger partial charge >= 0.3 is 0 Å². The summed E-state index contributed by atoms with van der Waals surface area (Å²) in [6.45, 7) is 2.00. The fraction of sp³-hybridized carbons (Fsp3) is 0.381. The molecular formula is C21H24N2O2S. The Bertz CT molecular complexity index is 952. The highest BCUT2D eigenvalue weighted by Crippen LogP contribution is 2.57. The first kappa shape index (κ1) is 17.4. The second-order valence-corrected chi connectivity index (χ2v) is 9.34. The van der Waals surface area contributed by atoms with Gasteiger partial charge in [0.25, 0.3) is 0 Å². The predicted octanol–water partition coefficient (Wildman–Crippen LogP) is 4.30. The summed E-state index contributed by atoms with van der Waals surface area (Å²) in [5, 5.41) is 5.24. The molecule has 1 aromatic carbocycles. The van der Waals surface area contributed by atoms with Crippen molar-refractivity contribution in [3.8, 4) is 0 Å². The Morgan fingerprint density at radius 3 is 2.04 bits per heavy atom. The molecule has 2 aromatic rings. The Hall–Kier alpha value is -1.98. The zero-order valence-electron chi connectivity index (χ0n) is 15.0. The molecule has 4 nitrogen and oxygen atoms in total. The van der Waals surface area contributed by atoms with E-state index in [9.17, 15) is 8.42 Å². The zero-order valence-corrected chi connectivity index (χ0v) is 15.8. The molecule has 0 unspecified atom stereocenters. The van der Waals surface area contributed by atoms with Gasteiger partial charge in [-0.15, -0.1) is 0 Å². The van der Waals surface area contributed by atoms with Crippen molar-refractivity contribution in [1.29, 1.82) is 0 Å². The Kier molecular flexibility index (Phi) is 4.24. The first-order chi connectivity index (χ1) is 12.4. The van der Waals surface area contributed by atoms with Crippen molar-refractivity contribution in [3.05, 3.63) is 59.4 Å². The third kappa shape index (κ3) is 3.21. The fourth-order valence-electron chi connectivity index (χ4n) is 4.55. The molecule has 1 heterocycles. The summed E-state index contributed by atoms with van der Waals surface area (Å²) in [7, 11) is -3.66. The van der Waals surface area contributed by atoms with Crippen LogP contribution < -0.4 is 5.14 Å². The van der Waals surface area contributed by atoms with E-state index in [4.69, 9.17) is 5.14 Å². The van der Waals surface area contributed by atoms with Crippen LogP contribution in [-0.4, -0.2) is 13.4 Å². The highest BCUT2D eigenvalue weighted by molar-refractivity contribution is 7.89. The molecule has 0 saturated heterocycles. The van der Waals surface area contributed by atoms with Crippen LogP contribution in [-0.2, 0) is 10.0 Å². The van der Waals surface area contributed by atoms with Gasteiger partial charge in [-0.25, -0.2) is 13.6 Å². The van der Waals surface area contributed by atoms with Crippen molar-refractivity contribution < 1.29 is 8.42 Å². The van der Waals surface area contributed by atoms with E-state index in [2.05, 4.69) is 17.1 Å². The number of allylic oxidation sites excluding steroid dienone is 2. The van der Waals surface area contributed by atoms with Gasteiger partial charge in [-0.3, -0.25) is 4.98 Å². The molecule has 1 saturated carbocycles. The molecule has 2 aliphatic carbocycles. The van der Waals surface area contributed by atoms with Crippen LogP contribution >= 0.6 is 0 Å². The van der Waals surface area contributed by atoms with Gasteiger partial charge in [0.1, 0.15) is 0 Å². The second-order valence-electron chi connectivity index (χ2n) is 7.78. The van der Waals surface area contributed by atoms with E-state index >= 15 is 0 Å². The molecule has 4 rings (SSSR count). The first-order valence-corrected chi connectivity index (χ1v) is 10.7. The lowest BCUT2D eigenvalue weighted by Crippen LogP contribution is -2.12. The van der Waals surface area contributed by atoms with Gasteiger partial charge < -0.3 is 0 Å². The fourth-order valence-corrected chi connectivity index (χ4v) is 5.06. The Labute approximate surface area is 155 Å². The minimum absolute atomic E-state index is 0.161. The van der Waals surface area contributed by atoms with Crippen molar-refractivity contribution in [2.45, 2.75) is 50.3 Å². The summed E-state index contributed by atoms with van der Waals surface area (Å²) < 4.78 is 23.1. The maximum atomic E-state index is 11.5. The molecule has 0 atom stereocenters. The molecule has 0 aliphatic heterocycles. The van der Waals surface area contributed by atoms with Gasteiger partial charge in [-0.1, -0.05) is 31.0 Å². The van der Waals surface area contributed by atoms with Crippen LogP contribution in [0, 0.1) is 12.3 Å². The molecule has 0 radical (unpaired) electrons. The number of hydrogen-bond donors (Lipinski definition) is 1. The van der Waals surface area contributed by atoms with Crippen molar-refractivity contribution in [2.24, 2.45) is 10.6 Å². The molecule has 0 amide bonds. The van der Waals surface area contributed by atoms with Crippen molar-refractivity contribution >= 4 is 21.2 Å². The molecule has 1 spiro atoms.